The van der Waals surface area contributed by atoms with E-state index in [9.17, 15) is 0 Å². The Balaban J connectivity index is 2.08. The van der Waals surface area contributed by atoms with Gasteiger partial charge in [-0.1, -0.05) is 19.1 Å². The lowest BCUT2D eigenvalue weighted by Crippen LogP contribution is -2.08. The first-order chi connectivity index (χ1) is 8.69. The fourth-order valence-corrected chi connectivity index (χ4v) is 1.67. The summed E-state index contributed by atoms with van der Waals surface area (Å²) in [6, 6.07) is 15.3. The van der Waals surface area contributed by atoms with Crippen molar-refractivity contribution < 1.29 is 4.74 Å². The van der Waals surface area contributed by atoms with E-state index in [0.29, 0.717) is 12.5 Å². The fraction of sp³-hybridized carbons (Fsp3) is 0.200. The Labute approximate surface area is 107 Å². The Bertz CT molecular complexity index is 491. The standard InChI is InChI=1S/C15H18N2O/c1-11(10-16)12-2-6-14(7-3-12)18-15-8-4-13(17)5-9-15/h2-9,11H,10,16-17H2,1H3. The number of hydrogen-bond donors (Lipinski definition) is 2. The topological polar surface area (TPSA) is 61.3 Å². The molecule has 1 atom stereocenters. The Morgan fingerprint density at radius 3 is 1.94 bits per heavy atom. The van der Waals surface area contributed by atoms with E-state index in [0.717, 1.165) is 17.2 Å². The van der Waals surface area contributed by atoms with Gasteiger partial charge in [0.05, 0.1) is 0 Å². The van der Waals surface area contributed by atoms with Crippen molar-refractivity contribution in [3.8, 4) is 11.5 Å². The molecule has 0 saturated carbocycles. The van der Waals surface area contributed by atoms with E-state index in [2.05, 4.69) is 6.92 Å². The largest absolute Gasteiger partial charge is 0.457 e. The molecule has 0 aliphatic carbocycles. The quantitative estimate of drug-likeness (QED) is 0.810. The number of nitrogens with two attached hydrogens (primary N) is 2. The summed E-state index contributed by atoms with van der Waals surface area (Å²) < 4.78 is 5.71. The minimum atomic E-state index is 0.371. The maximum absolute atomic E-state index is 5.71. The highest BCUT2D eigenvalue weighted by molar-refractivity contribution is 5.43. The molecule has 0 heterocycles. The van der Waals surface area contributed by atoms with E-state index in [4.69, 9.17) is 16.2 Å². The molecule has 0 aliphatic heterocycles. The van der Waals surface area contributed by atoms with Crippen molar-refractivity contribution in [1.82, 2.24) is 0 Å². The van der Waals surface area contributed by atoms with Crippen molar-refractivity contribution in [2.24, 2.45) is 5.73 Å². The predicted octanol–water partition coefficient (Wildman–Crippen LogP) is 3.12. The number of rotatable bonds is 4. The lowest BCUT2D eigenvalue weighted by Gasteiger charge is -2.10. The van der Waals surface area contributed by atoms with E-state index in [1.54, 1.807) is 0 Å². The van der Waals surface area contributed by atoms with Gasteiger partial charge in [-0.3, -0.25) is 0 Å². The van der Waals surface area contributed by atoms with Crippen LogP contribution in [0.25, 0.3) is 0 Å². The van der Waals surface area contributed by atoms with Crippen LogP contribution in [0.3, 0.4) is 0 Å². The minimum Gasteiger partial charge on any atom is -0.457 e. The third-order valence-corrected chi connectivity index (χ3v) is 2.92. The Kier molecular flexibility index (Phi) is 3.85. The summed E-state index contributed by atoms with van der Waals surface area (Å²) in [6.45, 7) is 2.76. The highest BCUT2D eigenvalue weighted by Gasteiger charge is 2.03. The summed E-state index contributed by atoms with van der Waals surface area (Å²) in [5, 5.41) is 0. The highest BCUT2D eigenvalue weighted by atomic mass is 16.5. The van der Waals surface area contributed by atoms with Gasteiger partial charge in [0.1, 0.15) is 11.5 Å². The van der Waals surface area contributed by atoms with Gasteiger partial charge in [-0.25, -0.2) is 0 Å². The summed E-state index contributed by atoms with van der Waals surface area (Å²) >= 11 is 0. The number of anilines is 1. The molecule has 0 aromatic heterocycles. The molecule has 0 spiro atoms. The summed E-state index contributed by atoms with van der Waals surface area (Å²) in [5.74, 6) is 1.96. The average molecular weight is 242 g/mol. The minimum absolute atomic E-state index is 0.371. The molecule has 2 aromatic rings. The van der Waals surface area contributed by atoms with Gasteiger partial charge in [0.25, 0.3) is 0 Å². The van der Waals surface area contributed by atoms with Crippen molar-refractivity contribution in [2.75, 3.05) is 12.3 Å². The van der Waals surface area contributed by atoms with Crippen LogP contribution in [0.5, 0.6) is 11.5 Å². The molecule has 4 N–H and O–H groups in total. The molecule has 3 nitrogen and oxygen atoms in total. The monoisotopic (exact) mass is 242 g/mol. The second-order valence-electron chi connectivity index (χ2n) is 4.38. The summed E-state index contributed by atoms with van der Waals surface area (Å²) in [5.41, 5.74) is 13.2. The normalized spacial score (nSPS) is 12.1. The van der Waals surface area contributed by atoms with Crippen molar-refractivity contribution in [2.45, 2.75) is 12.8 Å². The maximum Gasteiger partial charge on any atom is 0.127 e. The number of benzene rings is 2. The van der Waals surface area contributed by atoms with Gasteiger partial charge >= 0.3 is 0 Å². The maximum atomic E-state index is 5.71. The molecule has 94 valence electrons. The zero-order valence-corrected chi connectivity index (χ0v) is 10.5. The molecule has 0 radical (unpaired) electrons. The summed E-state index contributed by atoms with van der Waals surface area (Å²) in [6.07, 6.45) is 0. The molecular weight excluding hydrogens is 224 g/mol. The number of hydrogen-bond acceptors (Lipinski definition) is 3. The van der Waals surface area contributed by atoms with Crippen LogP contribution in [0.15, 0.2) is 48.5 Å². The van der Waals surface area contributed by atoms with Crippen LogP contribution in [-0.2, 0) is 0 Å². The Hall–Kier alpha value is -2.00. The fourth-order valence-electron chi connectivity index (χ4n) is 1.67. The average Bonchev–Trinajstić information content (AvgIpc) is 2.41. The van der Waals surface area contributed by atoms with Crippen LogP contribution >= 0.6 is 0 Å². The smallest absolute Gasteiger partial charge is 0.127 e. The van der Waals surface area contributed by atoms with Crippen LogP contribution in [0.2, 0.25) is 0 Å². The van der Waals surface area contributed by atoms with Crippen LogP contribution in [0.4, 0.5) is 5.69 Å². The van der Waals surface area contributed by atoms with Crippen molar-refractivity contribution >= 4 is 5.69 Å². The van der Waals surface area contributed by atoms with Gasteiger partial charge in [-0.15, -0.1) is 0 Å². The molecule has 2 rings (SSSR count). The van der Waals surface area contributed by atoms with Crippen LogP contribution in [-0.4, -0.2) is 6.54 Å². The summed E-state index contributed by atoms with van der Waals surface area (Å²) in [7, 11) is 0. The van der Waals surface area contributed by atoms with Gasteiger partial charge in [0.2, 0.25) is 0 Å². The van der Waals surface area contributed by atoms with Gasteiger partial charge in [-0.2, -0.15) is 0 Å². The molecule has 1 unspecified atom stereocenters. The SMILES string of the molecule is CC(CN)c1ccc(Oc2ccc(N)cc2)cc1. The lowest BCUT2D eigenvalue weighted by molar-refractivity contribution is 0.482. The van der Waals surface area contributed by atoms with E-state index in [1.807, 2.05) is 48.5 Å². The lowest BCUT2D eigenvalue weighted by atomic mass is 10.0. The van der Waals surface area contributed by atoms with Crippen molar-refractivity contribution in [3.05, 3.63) is 54.1 Å². The van der Waals surface area contributed by atoms with Crippen LogP contribution in [0, 0.1) is 0 Å². The summed E-state index contributed by atoms with van der Waals surface area (Å²) in [4.78, 5) is 0. The molecule has 0 aliphatic rings. The predicted molar refractivity (Wildman–Crippen MR) is 74.8 cm³/mol. The molecule has 0 fully saturated rings. The highest BCUT2D eigenvalue weighted by Crippen LogP contribution is 2.24. The molecule has 3 heteroatoms. The molecule has 2 aromatic carbocycles. The zero-order valence-electron chi connectivity index (χ0n) is 10.5. The number of nitrogen functional groups attached to an aromatic ring is 1. The third kappa shape index (κ3) is 3.02. The van der Waals surface area contributed by atoms with Gasteiger partial charge < -0.3 is 16.2 Å². The molecule has 0 amide bonds. The second kappa shape index (κ2) is 5.56. The van der Waals surface area contributed by atoms with E-state index >= 15 is 0 Å². The molecular formula is C15H18N2O. The first kappa shape index (κ1) is 12.5. The first-order valence-corrected chi connectivity index (χ1v) is 6.02. The van der Waals surface area contributed by atoms with Crippen molar-refractivity contribution in [3.63, 3.8) is 0 Å². The van der Waals surface area contributed by atoms with Gasteiger partial charge in [-0.05, 0) is 54.4 Å². The van der Waals surface area contributed by atoms with E-state index in [1.165, 1.54) is 5.56 Å². The van der Waals surface area contributed by atoms with Crippen LogP contribution in [0.1, 0.15) is 18.4 Å². The zero-order chi connectivity index (χ0) is 13.0. The molecule has 0 bridgehead atoms. The van der Waals surface area contributed by atoms with Crippen LogP contribution < -0.4 is 16.2 Å². The Morgan fingerprint density at radius 2 is 1.44 bits per heavy atom. The van der Waals surface area contributed by atoms with Gasteiger partial charge in [0.15, 0.2) is 0 Å². The van der Waals surface area contributed by atoms with E-state index < -0.39 is 0 Å². The van der Waals surface area contributed by atoms with Gasteiger partial charge in [0, 0.05) is 5.69 Å². The second-order valence-corrected chi connectivity index (χ2v) is 4.38. The number of ether oxygens (including phenoxy) is 1. The third-order valence-electron chi connectivity index (χ3n) is 2.92. The molecule has 18 heavy (non-hydrogen) atoms. The molecule has 0 saturated heterocycles. The van der Waals surface area contributed by atoms with E-state index in [-0.39, 0.29) is 0 Å². The first-order valence-electron chi connectivity index (χ1n) is 6.02. The Morgan fingerprint density at radius 1 is 0.944 bits per heavy atom. The van der Waals surface area contributed by atoms with Crippen molar-refractivity contribution in [1.29, 1.82) is 0 Å².